The van der Waals surface area contributed by atoms with E-state index in [4.69, 9.17) is 6.85 Å². The van der Waals surface area contributed by atoms with Crippen molar-refractivity contribution in [3.63, 3.8) is 0 Å². The van der Waals surface area contributed by atoms with Gasteiger partial charge in [0.05, 0.1) is 18.0 Å². The van der Waals surface area contributed by atoms with Gasteiger partial charge in [-0.15, -0.1) is 0 Å². The lowest BCUT2D eigenvalue weighted by Gasteiger charge is -2.33. The number of benzene rings is 10. The minimum absolute atomic E-state index is 0.153. The van der Waals surface area contributed by atoms with Crippen molar-refractivity contribution in [1.29, 1.82) is 0 Å². The first-order valence-electron chi connectivity index (χ1n) is 23.2. The van der Waals surface area contributed by atoms with Gasteiger partial charge in [0.25, 0.3) is 0 Å². The third kappa shape index (κ3) is 5.43. The smallest absolute Gasteiger partial charge is 0.0727 e. The number of para-hydroxylation sites is 3. The van der Waals surface area contributed by atoms with Crippen LogP contribution in [0.5, 0.6) is 0 Å². The molecule has 1 atom stereocenters. The summed E-state index contributed by atoms with van der Waals surface area (Å²) in [5, 5.41) is 2.15. The zero-order valence-corrected chi connectivity index (χ0v) is 33.1. The van der Waals surface area contributed by atoms with Crippen LogP contribution in [0, 0.1) is 0 Å². The van der Waals surface area contributed by atoms with Crippen LogP contribution in [-0.2, 0) is 5.41 Å². The summed E-state index contributed by atoms with van der Waals surface area (Å²) in [7, 11) is 0. The monoisotopic (exact) mass is 781 g/mol. The standard InChI is InChI=1S/C59H40N2/c1-4-19-42(20-5-1)49-26-14-17-31-58(49)61(46-33-32-41-18-10-11-21-43(41)38-46)48-35-37-53-51-28-13-16-30-55(51)59(57(53)40-48)54-29-15-12-27-50(54)52-36-34-47(39-56(52)59)60(44-22-6-2-7-23-44)45-24-8-3-9-25-45/h1-40H/i1D,4D,5D,19D,20D. The second kappa shape index (κ2) is 14.1. The van der Waals surface area contributed by atoms with Crippen LogP contribution >= 0.6 is 0 Å². The zero-order valence-electron chi connectivity index (χ0n) is 38.1. The van der Waals surface area contributed by atoms with Gasteiger partial charge in [-0.05, 0) is 128 Å². The summed E-state index contributed by atoms with van der Waals surface area (Å²) < 4.78 is 43.9. The predicted octanol–water partition coefficient (Wildman–Crippen LogP) is 15.8. The Balaban J connectivity index is 1.14. The number of fused-ring (bicyclic) bond motifs is 11. The van der Waals surface area contributed by atoms with Crippen molar-refractivity contribution in [2.45, 2.75) is 5.41 Å². The highest BCUT2D eigenvalue weighted by Gasteiger charge is 2.52. The van der Waals surface area contributed by atoms with Gasteiger partial charge in [0.15, 0.2) is 0 Å². The first-order valence-corrected chi connectivity index (χ1v) is 20.7. The Hall–Kier alpha value is -7.94. The van der Waals surface area contributed by atoms with Crippen molar-refractivity contribution < 1.29 is 6.85 Å². The number of hydrogen-bond donors (Lipinski definition) is 0. The van der Waals surface area contributed by atoms with Gasteiger partial charge in [-0.25, -0.2) is 0 Å². The minimum Gasteiger partial charge on any atom is -0.310 e. The first kappa shape index (κ1) is 30.2. The second-order valence-corrected chi connectivity index (χ2v) is 15.7. The fourth-order valence-corrected chi connectivity index (χ4v) is 10.0. The molecule has 1 spiro atoms. The Morgan fingerprint density at radius 2 is 0.770 bits per heavy atom. The molecule has 0 aromatic heterocycles. The second-order valence-electron chi connectivity index (χ2n) is 15.7. The highest BCUT2D eigenvalue weighted by atomic mass is 15.1. The Morgan fingerprint density at radius 3 is 1.39 bits per heavy atom. The molecule has 0 amide bonds. The van der Waals surface area contributed by atoms with Crippen LogP contribution in [0.3, 0.4) is 0 Å². The van der Waals surface area contributed by atoms with Gasteiger partial charge in [0.2, 0.25) is 0 Å². The Morgan fingerprint density at radius 1 is 0.311 bits per heavy atom. The molecule has 2 nitrogen and oxygen atoms in total. The van der Waals surface area contributed by atoms with E-state index in [9.17, 15) is 0 Å². The largest absolute Gasteiger partial charge is 0.310 e. The van der Waals surface area contributed by atoms with E-state index in [1.54, 1.807) is 0 Å². The van der Waals surface area contributed by atoms with Crippen molar-refractivity contribution in [3.8, 4) is 33.4 Å². The molecule has 286 valence electrons. The summed E-state index contributed by atoms with van der Waals surface area (Å²) in [5.41, 5.74) is 15.0. The molecule has 10 aromatic rings. The molecule has 0 heterocycles. The summed E-state index contributed by atoms with van der Waals surface area (Å²) in [6, 6.07) is 73.0. The molecular formula is C59H40N2. The molecule has 12 rings (SSSR count). The number of hydrogen-bond acceptors (Lipinski definition) is 2. The van der Waals surface area contributed by atoms with Gasteiger partial charge >= 0.3 is 0 Å². The van der Waals surface area contributed by atoms with Crippen molar-refractivity contribution >= 4 is 44.9 Å². The van der Waals surface area contributed by atoms with E-state index < -0.39 is 11.5 Å². The van der Waals surface area contributed by atoms with E-state index in [-0.39, 0.29) is 29.7 Å². The summed E-state index contributed by atoms with van der Waals surface area (Å²) in [6.45, 7) is 0. The fourth-order valence-electron chi connectivity index (χ4n) is 10.0. The molecule has 0 saturated heterocycles. The van der Waals surface area contributed by atoms with Crippen LogP contribution in [0.4, 0.5) is 34.1 Å². The highest BCUT2D eigenvalue weighted by Crippen LogP contribution is 2.64. The normalized spacial score (nSPS) is 15.4. The average molecular weight is 782 g/mol. The third-order valence-corrected chi connectivity index (χ3v) is 12.5. The van der Waals surface area contributed by atoms with Gasteiger partial charge in [0, 0.05) is 34.0 Å². The Bertz CT molecular complexity index is 3490. The van der Waals surface area contributed by atoms with Gasteiger partial charge in [-0.1, -0.05) is 176 Å². The van der Waals surface area contributed by atoms with Gasteiger partial charge in [0.1, 0.15) is 0 Å². The molecule has 2 aliphatic rings. The lowest BCUT2D eigenvalue weighted by Crippen LogP contribution is -2.26. The maximum Gasteiger partial charge on any atom is 0.0727 e. The average Bonchev–Trinajstić information content (AvgIpc) is 3.83. The van der Waals surface area contributed by atoms with E-state index in [1.165, 1.54) is 33.4 Å². The Kier molecular flexibility index (Phi) is 6.98. The summed E-state index contributed by atoms with van der Waals surface area (Å²) in [4.78, 5) is 4.51. The maximum atomic E-state index is 9.11. The van der Waals surface area contributed by atoms with Crippen LogP contribution in [0.2, 0.25) is 0 Å². The van der Waals surface area contributed by atoms with Crippen molar-refractivity contribution in [3.05, 3.63) is 265 Å². The predicted molar refractivity (Wildman–Crippen MR) is 255 cm³/mol. The van der Waals surface area contributed by atoms with Crippen LogP contribution in [0.25, 0.3) is 44.2 Å². The van der Waals surface area contributed by atoms with E-state index >= 15 is 0 Å². The van der Waals surface area contributed by atoms with Gasteiger partial charge < -0.3 is 9.80 Å². The summed E-state index contributed by atoms with van der Waals surface area (Å²) in [5.74, 6) is 0. The van der Waals surface area contributed by atoms with Crippen molar-refractivity contribution in [2.24, 2.45) is 0 Å². The number of rotatable bonds is 7. The molecule has 2 heteroatoms. The van der Waals surface area contributed by atoms with E-state index in [2.05, 4.69) is 186 Å². The molecule has 0 saturated carbocycles. The molecular weight excluding hydrogens is 737 g/mol. The molecule has 0 aliphatic heterocycles. The van der Waals surface area contributed by atoms with Crippen LogP contribution in [-0.4, -0.2) is 0 Å². The number of anilines is 6. The van der Waals surface area contributed by atoms with E-state index in [0.29, 0.717) is 11.3 Å². The maximum absolute atomic E-state index is 9.11. The van der Waals surface area contributed by atoms with Gasteiger partial charge in [-0.3, -0.25) is 0 Å². The topological polar surface area (TPSA) is 6.48 Å². The summed E-state index contributed by atoms with van der Waals surface area (Å²) >= 11 is 0. The summed E-state index contributed by atoms with van der Waals surface area (Å²) in [6.07, 6.45) is 0. The molecule has 0 bridgehead atoms. The molecule has 1 unspecified atom stereocenters. The third-order valence-electron chi connectivity index (χ3n) is 12.5. The first-order chi connectivity index (χ1) is 32.3. The lowest BCUT2D eigenvalue weighted by atomic mass is 9.70. The van der Waals surface area contributed by atoms with Crippen LogP contribution in [0.15, 0.2) is 243 Å². The lowest BCUT2D eigenvalue weighted by molar-refractivity contribution is 0.793. The molecule has 10 aromatic carbocycles. The van der Waals surface area contributed by atoms with Crippen LogP contribution < -0.4 is 9.80 Å². The molecule has 0 N–H and O–H groups in total. The van der Waals surface area contributed by atoms with Crippen molar-refractivity contribution in [1.82, 2.24) is 0 Å². The molecule has 0 fully saturated rings. The molecule has 61 heavy (non-hydrogen) atoms. The Labute approximate surface area is 363 Å². The van der Waals surface area contributed by atoms with Crippen LogP contribution in [0.1, 0.15) is 29.1 Å². The highest BCUT2D eigenvalue weighted by molar-refractivity contribution is 5.99. The molecule has 2 aliphatic carbocycles. The number of nitrogens with zero attached hydrogens (tertiary/aromatic N) is 2. The zero-order chi connectivity index (χ0) is 44.7. The van der Waals surface area contributed by atoms with E-state index in [1.807, 2.05) is 36.4 Å². The SMILES string of the molecule is [2H]c1c([2H])c([2H])c(-c2ccccc2N(c2ccc3c(c2)C2(c4ccccc4-c4ccc(N(c5ccccc5)c5ccccc5)cc42)c2ccccc2-3)c2ccc3ccccc3c2)c([2H])c1[2H]. The van der Waals surface area contributed by atoms with Gasteiger partial charge in [-0.2, -0.15) is 0 Å². The van der Waals surface area contributed by atoms with E-state index in [0.717, 1.165) is 50.3 Å². The van der Waals surface area contributed by atoms with Crippen molar-refractivity contribution in [2.75, 3.05) is 9.80 Å². The fraction of sp³-hybridized carbons (Fsp3) is 0.0169. The minimum atomic E-state index is -0.704. The quantitative estimate of drug-likeness (QED) is 0.159. The molecule has 0 radical (unpaired) electrons.